The fourth-order valence-electron chi connectivity index (χ4n) is 3.86. The summed E-state index contributed by atoms with van der Waals surface area (Å²) < 4.78 is 5.85. The summed E-state index contributed by atoms with van der Waals surface area (Å²) >= 11 is 1.30. The molecule has 0 bridgehead atoms. The maximum atomic E-state index is 12.2. The Morgan fingerprint density at radius 2 is 1.77 bits per heavy atom. The highest BCUT2D eigenvalue weighted by atomic mass is 32.1. The molecule has 1 fully saturated rings. The van der Waals surface area contributed by atoms with E-state index in [1.54, 1.807) is 0 Å². The molecule has 1 aliphatic rings. The number of nitrogens with zero attached hydrogens (tertiary/aromatic N) is 2. The number of carbonyl (C=O) groups is 1. The van der Waals surface area contributed by atoms with Crippen LogP contribution < -0.4 is 15.4 Å². The lowest BCUT2D eigenvalue weighted by atomic mass is 9.84. The third kappa shape index (κ3) is 5.82. The predicted octanol–water partition coefficient (Wildman–Crippen LogP) is 6.43. The van der Waals surface area contributed by atoms with E-state index in [9.17, 15) is 4.79 Å². The number of amides is 2. The lowest BCUT2D eigenvalue weighted by Gasteiger charge is -2.22. The van der Waals surface area contributed by atoms with Gasteiger partial charge in [0.15, 0.2) is 5.01 Å². The molecule has 3 aromatic rings. The Labute approximate surface area is 187 Å². The Morgan fingerprint density at radius 1 is 1.00 bits per heavy atom. The minimum Gasteiger partial charge on any atom is -0.486 e. The summed E-state index contributed by atoms with van der Waals surface area (Å²) in [5.41, 5.74) is 4.46. The molecule has 0 atom stereocenters. The number of urea groups is 1. The van der Waals surface area contributed by atoms with Gasteiger partial charge in [0, 0.05) is 5.69 Å². The molecule has 162 valence electrons. The second-order valence-corrected chi connectivity index (χ2v) is 9.13. The average Bonchev–Trinajstić information content (AvgIpc) is 3.23. The van der Waals surface area contributed by atoms with Crippen molar-refractivity contribution in [3.8, 4) is 5.75 Å². The van der Waals surface area contributed by atoms with E-state index in [-0.39, 0.29) is 6.03 Å². The van der Waals surface area contributed by atoms with E-state index >= 15 is 0 Å². The fraction of sp³-hybridized carbons (Fsp3) is 0.375. The topological polar surface area (TPSA) is 76.1 Å². The Hall–Kier alpha value is -2.93. The number of anilines is 2. The lowest BCUT2D eigenvalue weighted by Crippen LogP contribution is -2.19. The van der Waals surface area contributed by atoms with E-state index in [0.29, 0.717) is 22.7 Å². The number of aryl methyl sites for hydroxylation is 2. The van der Waals surface area contributed by atoms with Gasteiger partial charge in [-0.25, -0.2) is 4.79 Å². The monoisotopic (exact) mass is 436 g/mol. The minimum absolute atomic E-state index is 0.320. The Bertz CT molecular complexity index is 1030. The number of benzene rings is 2. The Balaban J connectivity index is 1.26. The number of aromatic nitrogens is 2. The van der Waals surface area contributed by atoms with Crippen LogP contribution in [0.15, 0.2) is 42.5 Å². The largest absolute Gasteiger partial charge is 0.486 e. The van der Waals surface area contributed by atoms with Crippen LogP contribution in [-0.2, 0) is 6.61 Å². The smallest absolute Gasteiger partial charge is 0.325 e. The molecule has 1 heterocycles. The molecule has 0 aliphatic heterocycles. The first-order valence-electron chi connectivity index (χ1n) is 10.8. The van der Waals surface area contributed by atoms with Crippen LogP contribution in [-0.4, -0.2) is 16.2 Å². The second kappa shape index (κ2) is 9.92. The Kier molecular flexibility index (Phi) is 6.82. The summed E-state index contributed by atoms with van der Waals surface area (Å²) in [6, 6.07) is 13.9. The molecule has 1 aromatic heterocycles. The lowest BCUT2D eigenvalue weighted by molar-refractivity contribution is 0.262. The van der Waals surface area contributed by atoms with Gasteiger partial charge in [0.25, 0.3) is 0 Å². The van der Waals surface area contributed by atoms with Crippen LogP contribution in [0.5, 0.6) is 5.75 Å². The van der Waals surface area contributed by atoms with Crippen molar-refractivity contribution in [3.63, 3.8) is 0 Å². The number of nitrogens with one attached hydrogen (secondary N) is 2. The molecule has 7 heteroatoms. The minimum atomic E-state index is -0.342. The quantitative estimate of drug-likeness (QED) is 0.467. The molecule has 6 nitrogen and oxygen atoms in total. The van der Waals surface area contributed by atoms with Crippen molar-refractivity contribution in [2.45, 2.75) is 58.5 Å². The second-order valence-electron chi connectivity index (χ2n) is 8.07. The number of carbonyl (C=O) groups excluding carboxylic acids is 1. The fourth-order valence-corrected chi connectivity index (χ4v) is 4.51. The number of hydrogen-bond donors (Lipinski definition) is 2. The molecule has 2 N–H and O–H groups in total. The van der Waals surface area contributed by atoms with Crippen molar-refractivity contribution in [3.05, 3.63) is 64.2 Å². The highest BCUT2D eigenvalue weighted by Crippen LogP contribution is 2.33. The molecule has 1 aliphatic carbocycles. The molecule has 2 amide bonds. The van der Waals surface area contributed by atoms with Gasteiger partial charge in [0.05, 0.1) is 0 Å². The van der Waals surface area contributed by atoms with Crippen LogP contribution in [0.1, 0.15) is 59.7 Å². The number of ether oxygens (including phenoxy) is 1. The third-order valence-electron chi connectivity index (χ3n) is 5.77. The van der Waals surface area contributed by atoms with Gasteiger partial charge in [-0.1, -0.05) is 48.8 Å². The van der Waals surface area contributed by atoms with Crippen LogP contribution in [0.3, 0.4) is 0 Å². The normalized spacial score (nSPS) is 14.3. The van der Waals surface area contributed by atoms with Crippen LogP contribution in [0.25, 0.3) is 0 Å². The van der Waals surface area contributed by atoms with Gasteiger partial charge >= 0.3 is 6.03 Å². The Morgan fingerprint density at radius 3 is 2.52 bits per heavy atom. The van der Waals surface area contributed by atoms with Gasteiger partial charge in [-0.3, -0.25) is 5.32 Å². The molecule has 31 heavy (non-hydrogen) atoms. The predicted molar refractivity (Wildman–Crippen MR) is 125 cm³/mol. The highest BCUT2D eigenvalue weighted by Gasteiger charge is 2.15. The molecule has 4 rings (SSSR count). The first-order valence-corrected chi connectivity index (χ1v) is 11.6. The molecular weight excluding hydrogens is 408 g/mol. The molecule has 0 unspecified atom stereocenters. The summed E-state index contributed by atoms with van der Waals surface area (Å²) in [5.74, 6) is 1.51. The van der Waals surface area contributed by atoms with Gasteiger partial charge in [-0.15, -0.1) is 10.2 Å². The molecular formula is C24H28N4O2S. The van der Waals surface area contributed by atoms with Crippen LogP contribution in [0, 0.1) is 13.8 Å². The van der Waals surface area contributed by atoms with E-state index in [1.165, 1.54) is 54.6 Å². The molecule has 1 saturated carbocycles. The van der Waals surface area contributed by atoms with Gasteiger partial charge in [-0.2, -0.15) is 0 Å². The summed E-state index contributed by atoms with van der Waals surface area (Å²) in [5, 5.41) is 14.8. The van der Waals surface area contributed by atoms with Crippen molar-refractivity contribution in [2.24, 2.45) is 0 Å². The molecule has 0 spiro atoms. The van der Waals surface area contributed by atoms with Crippen LogP contribution >= 0.6 is 11.3 Å². The standard InChI is InChI=1S/C24H28N4O2S/c1-16-8-11-20(14-17(16)2)25-23(29)26-24-28-27-22(31-24)15-30-21-12-9-19(10-13-21)18-6-4-3-5-7-18/h8-14,18H,3-7,15H2,1-2H3,(H2,25,26,28,29). The first-order chi connectivity index (χ1) is 15.1. The van der Waals surface area contributed by atoms with Crippen LogP contribution in [0.4, 0.5) is 15.6 Å². The SMILES string of the molecule is Cc1ccc(NC(=O)Nc2nnc(COc3ccc(C4CCCCC4)cc3)s2)cc1C. The van der Waals surface area contributed by atoms with Crippen molar-refractivity contribution >= 4 is 28.2 Å². The summed E-state index contributed by atoms with van der Waals surface area (Å²) in [4.78, 5) is 12.2. The van der Waals surface area contributed by atoms with E-state index in [1.807, 2.05) is 44.2 Å². The zero-order valence-corrected chi connectivity index (χ0v) is 18.8. The van der Waals surface area contributed by atoms with Crippen molar-refractivity contribution in [1.82, 2.24) is 10.2 Å². The van der Waals surface area contributed by atoms with E-state index in [2.05, 4.69) is 33.0 Å². The van der Waals surface area contributed by atoms with Crippen molar-refractivity contribution < 1.29 is 9.53 Å². The third-order valence-corrected chi connectivity index (χ3v) is 6.58. The van der Waals surface area contributed by atoms with Gasteiger partial charge in [-0.05, 0) is 73.6 Å². The zero-order chi connectivity index (χ0) is 21.6. The molecule has 0 saturated heterocycles. The van der Waals surface area contributed by atoms with Gasteiger partial charge in [0.2, 0.25) is 5.13 Å². The van der Waals surface area contributed by atoms with Crippen molar-refractivity contribution in [2.75, 3.05) is 10.6 Å². The van der Waals surface area contributed by atoms with E-state index in [4.69, 9.17) is 4.74 Å². The maximum Gasteiger partial charge on any atom is 0.325 e. The average molecular weight is 437 g/mol. The molecule has 0 radical (unpaired) electrons. The maximum absolute atomic E-state index is 12.2. The highest BCUT2D eigenvalue weighted by molar-refractivity contribution is 7.15. The zero-order valence-electron chi connectivity index (χ0n) is 18.0. The van der Waals surface area contributed by atoms with Crippen LogP contribution in [0.2, 0.25) is 0 Å². The first kappa shape index (κ1) is 21.3. The number of hydrogen-bond acceptors (Lipinski definition) is 5. The van der Waals surface area contributed by atoms with E-state index < -0.39 is 0 Å². The van der Waals surface area contributed by atoms with Gasteiger partial charge < -0.3 is 10.1 Å². The van der Waals surface area contributed by atoms with Crippen molar-refractivity contribution in [1.29, 1.82) is 0 Å². The number of rotatable bonds is 6. The summed E-state index contributed by atoms with van der Waals surface area (Å²) in [6.45, 7) is 4.37. The van der Waals surface area contributed by atoms with E-state index in [0.717, 1.165) is 17.0 Å². The van der Waals surface area contributed by atoms with Gasteiger partial charge in [0.1, 0.15) is 12.4 Å². The summed E-state index contributed by atoms with van der Waals surface area (Å²) in [7, 11) is 0. The summed E-state index contributed by atoms with van der Waals surface area (Å²) in [6.07, 6.45) is 6.61. The molecule has 2 aromatic carbocycles.